The number of ether oxygens (including phenoxy) is 1. The maximum Gasteiger partial charge on any atom is 0.322 e. The number of benzene rings is 1. The van der Waals surface area contributed by atoms with E-state index in [4.69, 9.17) is 4.74 Å². The van der Waals surface area contributed by atoms with E-state index in [1.165, 1.54) is 0 Å². The van der Waals surface area contributed by atoms with E-state index in [-0.39, 0.29) is 17.6 Å². The third kappa shape index (κ3) is 3.06. The van der Waals surface area contributed by atoms with E-state index in [1.54, 1.807) is 31.3 Å². The Bertz CT molecular complexity index is 587. The van der Waals surface area contributed by atoms with Crippen molar-refractivity contribution in [1.29, 1.82) is 0 Å². The van der Waals surface area contributed by atoms with Crippen molar-refractivity contribution in [1.82, 2.24) is 15.3 Å². The van der Waals surface area contributed by atoms with Gasteiger partial charge >= 0.3 is 6.01 Å². The molecular weight excluding hydrogens is 245 g/mol. The second kappa shape index (κ2) is 5.75. The minimum atomic E-state index is -0.386. The van der Waals surface area contributed by atoms with Gasteiger partial charge in [0.1, 0.15) is 0 Å². The highest BCUT2D eigenvalue weighted by atomic mass is 19.1. The minimum Gasteiger partial charge on any atom is -0.421 e. The Balaban J connectivity index is 2.24. The molecule has 0 atom stereocenters. The Hall–Kier alpha value is -2.01. The van der Waals surface area contributed by atoms with Crippen LogP contribution in [-0.4, -0.2) is 17.0 Å². The molecule has 1 aromatic heterocycles. The first-order valence-corrected chi connectivity index (χ1v) is 6.02. The molecule has 1 heterocycles. The topological polar surface area (TPSA) is 47.0 Å². The molecule has 5 heteroatoms. The van der Waals surface area contributed by atoms with Crippen molar-refractivity contribution in [3.63, 3.8) is 0 Å². The van der Waals surface area contributed by atoms with Crippen molar-refractivity contribution < 1.29 is 9.13 Å². The van der Waals surface area contributed by atoms with Gasteiger partial charge in [-0.05, 0) is 32.5 Å². The largest absolute Gasteiger partial charge is 0.421 e. The lowest BCUT2D eigenvalue weighted by atomic mass is 10.2. The zero-order valence-electron chi connectivity index (χ0n) is 11.2. The number of hydrogen-bond donors (Lipinski definition) is 1. The van der Waals surface area contributed by atoms with Crippen LogP contribution in [0.4, 0.5) is 4.39 Å². The van der Waals surface area contributed by atoms with E-state index in [0.29, 0.717) is 12.1 Å². The second-order valence-corrected chi connectivity index (χ2v) is 4.28. The molecule has 0 amide bonds. The quantitative estimate of drug-likeness (QED) is 0.919. The zero-order valence-corrected chi connectivity index (χ0v) is 11.2. The Kier molecular flexibility index (Phi) is 4.06. The summed E-state index contributed by atoms with van der Waals surface area (Å²) in [6.07, 6.45) is 1.68. The number of halogens is 1. The van der Waals surface area contributed by atoms with E-state index >= 15 is 0 Å². The number of rotatable bonds is 4. The summed E-state index contributed by atoms with van der Waals surface area (Å²) in [5.74, 6) is -0.246. The standard InChI is InChI=1S/C14H16FN3O/c1-9-5-4-6-12(13(9)15)19-14-17-8-11(7-16-3)10(2)18-14/h4-6,8,16H,7H2,1-3H3. The third-order valence-corrected chi connectivity index (χ3v) is 2.78. The second-order valence-electron chi connectivity index (χ2n) is 4.28. The van der Waals surface area contributed by atoms with Gasteiger partial charge in [0.05, 0.1) is 0 Å². The van der Waals surface area contributed by atoms with Crippen LogP contribution in [0.1, 0.15) is 16.8 Å². The molecule has 0 aliphatic carbocycles. The molecule has 2 rings (SSSR count). The zero-order chi connectivity index (χ0) is 13.8. The molecule has 0 unspecified atom stereocenters. The van der Waals surface area contributed by atoms with Crippen molar-refractivity contribution in [3.8, 4) is 11.8 Å². The summed E-state index contributed by atoms with van der Waals surface area (Å²) in [7, 11) is 1.85. The molecule has 19 heavy (non-hydrogen) atoms. The fraction of sp³-hybridized carbons (Fsp3) is 0.286. The van der Waals surface area contributed by atoms with Gasteiger partial charge < -0.3 is 10.1 Å². The van der Waals surface area contributed by atoms with Gasteiger partial charge in [0.2, 0.25) is 0 Å². The average Bonchev–Trinajstić information content (AvgIpc) is 2.38. The molecule has 0 radical (unpaired) electrons. The predicted octanol–water partition coefficient (Wildman–Crippen LogP) is 2.74. The van der Waals surface area contributed by atoms with Crippen molar-refractivity contribution in [2.45, 2.75) is 20.4 Å². The normalized spacial score (nSPS) is 10.5. The van der Waals surface area contributed by atoms with Crippen LogP contribution in [-0.2, 0) is 6.54 Å². The molecule has 0 saturated heterocycles. The van der Waals surface area contributed by atoms with Crippen LogP contribution in [0.5, 0.6) is 11.8 Å². The third-order valence-electron chi connectivity index (χ3n) is 2.78. The Labute approximate surface area is 111 Å². The number of nitrogens with zero attached hydrogens (tertiary/aromatic N) is 2. The van der Waals surface area contributed by atoms with Crippen LogP contribution in [0.15, 0.2) is 24.4 Å². The number of nitrogens with one attached hydrogen (secondary N) is 1. The Morgan fingerprint density at radius 2 is 2.11 bits per heavy atom. The average molecular weight is 261 g/mol. The van der Waals surface area contributed by atoms with Crippen molar-refractivity contribution in [2.75, 3.05) is 7.05 Å². The van der Waals surface area contributed by atoms with E-state index in [0.717, 1.165) is 11.3 Å². The first-order valence-electron chi connectivity index (χ1n) is 6.02. The van der Waals surface area contributed by atoms with E-state index < -0.39 is 0 Å². The van der Waals surface area contributed by atoms with Crippen LogP contribution in [0.3, 0.4) is 0 Å². The molecule has 0 spiro atoms. The molecule has 0 saturated carbocycles. The summed E-state index contributed by atoms with van der Waals surface area (Å²) in [5.41, 5.74) is 2.33. The molecule has 0 aliphatic rings. The maximum absolute atomic E-state index is 13.8. The van der Waals surface area contributed by atoms with Crippen molar-refractivity contribution >= 4 is 0 Å². The van der Waals surface area contributed by atoms with Gasteiger partial charge in [-0.15, -0.1) is 0 Å². The Morgan fingerprint density at radius 3 is 2.79 bits per heavy atom. The summed E-state index contributed by atoms with van der Waals surface area (Å²) in [5, 5.41) is 3.03. The lowest BCUT2D eigenvalue weighted by molar-refractivity contribution is 0.407. The molecular formula is C14H16FN3O. The number of hydrogen-bond acceptors (Lipinski definition) is 4. The van der Waals surface area contributed by atoms with Crippen LogP contribution < -0.4 is 10.1 Å². The van der Waals surface area contributed by atoms with Gasteiger partial charge in [-0.3, -0.25) is 0 Å². The first-order chi connectivity index (χ1) is 9.11. The summed E-state index contributed by atoms with van der Waals surface area (Å²) < 4.78 is 19.2. The van der Waals surface area contributed by atoms with Crippen LogP contribution in [0.2, 0.25) is 0 Å². The molecule has 100 valence electrons. The minimum absolute atomic E-state index is 0.140. The van der Waals surface area contributed by atoms with Gasteiger partial charge in [0.15, 0.2) is 11.6 Å². The molecule has 4 nitrogen and oxygen atoms in total. The van der Waals surface area contributed by atoms with Crippen LogP contribution in [0, 0.1) is 19.7 Å². The number of aromatic nitrogens is 2. The predicted molar refractivity (Wildman–Crippen MR) is 70.7 cm³/mol. The monoisotopic (exact) mass is 261 g/mol. The summed E-state index contributed by atoms with van der Waals surface area (Å²) >= 11 is 0. The van der Waals surface area contributed by atoms with Crippen LogP contribution >= 0.6 is 0 Å². The lowest BCUT2D eigenvalue weighted by Crippen LogP contribution is -2.08. The first kappa shape index (κ1) is 13.4. The molecule has 0 aliphatic heterocycles. The van der Waals surface area contributed by atoms with Gasteiger partial charge in [0, 0.05) is 24.0 Å². The summed E-state index contributed by atoms with van der Waals surface area (Å²) in [4.78, 5) is 8.30. The maximum atomic E-state index is 13.8. The van der Waals surface area contributed by atoms with Crippen molar-refractivity contribution in [3.05, 3.63) is 47.0 Å². The van der Waals surface area contributed by atoms with Gasteiger partial charge in [-0.25, -0.2) is 9.37 Å². The van der Waals surface area contributed by atoms with Crippen molar-refractivity contribution in [2.24, 2.45) is 0 Å². The van der Waals surface area contributed by atoms with Gasteiger partial charge in [-0.2, -0.15) is 4.98 Å². The fourth-order valence-corrected chi connectivity index (χ4v) is 1.68. The van der Waals surface area contributed by atoms with E-state index in [9.17, 15) is 4.39 Å². The van der Waals surface area contributed by atoms with E-state index in [1.807, 2.05) is 14.0 Å². The highest BCUT2D eigenvalue weighted by Crippen LogP contribution is 2.24. The molecule has 1 aromatic carbocycles. The molecule has 0 fully saturated rings. The Morgan fingerprint density at radius 1 is 1.32 bits per heavy atom. The van der Waals surface area contributed by atoms with Gasteiger partial charge in [0.25, 0.3) is 0 Å². The summed E-state index contributed by atoms with van der Waals surface area (Å²) in [6.45, 7) is 4.24. The smallest absolute Gasteiger partial charge is 0.322 e. The lowest BCUT2D eigenvalue weighted by Gasteiger charge is -2.08. The number of aryl methyl sites for hydroxylation is 2. The molecule has 0 bridgehead atoms. The van der Waals surface area contributed by atoms with Crippen LogP contribution in [0.25, 0.3) is 0 Å². The van der Waals surface area contributed by atoms with E-state index in [2.05, 4.69) is 15.3 Å². The highest BCUT2D eigenvalue weighted by Gasteiger charge is 2.10. The molecule has 1 N–H and O–H groups in total. The highest BCUT2D eigenvalue weighted by molar-refractivity contribution is 5.32. The SMILES string of the molecule is CNCc1cnc(Oc2cccc(C)c2F)nc1C. The summed E-state index contributed by atoms with van der Waals surface area (Å²) in [6, 6.07) is 5.13. The molecule has 2 aromatic rings. The van der Waals surface area contributed by atoms with Gasteiger partial charge in [-0.1, -0.05) is 12.1 Å². The fourth-order valence-electron chi connectivity index (χ4n) is 1.68.